The van der Waals surface area contributed by atoms with Crippen LogP contribution in [-0.2, 0) is 19.9 Å². The van der Waals surface area contributed by atoms with Crippen molar-refractivity contribution in [2.75, 3.05) is 20.2 Å². The number of nitrogens with zero attached hydrogens (tertiary/aromatic N) is 1. The van der Waals surface area contributed by atoms with E-state index in [9.17, 15) is 9.59 Å². The monoisotopic (exact) mass is 459 g/mol. The molecule has 1 heterocycles. The molecule has 0 aliphatic carbocycles. The molecule has 6 nitrogen and oxygen atoms in total. The van der Waals surface area contributed by atoms with Crippen molar-refractivity contribution in [3.63, 3.8) is 0 Å². The van der Waals surface area contributed by atoms with Crippen LogP contribution in [0, 0.1) is 0 Å². The minimum Gasteiger partial charge on any atom is -0.478 e. The summed E-state index contributed by atoms with van der Waals surface area (Å²) in [7, 11) is 2.22. The maximum Gasteiger partial charge on any atom is 0.328 e. The van der Waals surface area contributed by atoms with Gasteiger partial charge >= 0.3 is 11.9 Å². The van der Waals surface area contributed by atoms with E-state index in [2.05, 4.69) is 55.3 Å². The van der Waals surface area contributed by atoms with Gasteiger partial charge < -0.3 is 19.8 Å². The minimum absolute atomic E-state index is 0.455. The highest BCUT2D eigenvalue weighted by molar-refractivity contribution is 6.30. The van der Waals surface area contributed by atoms with Crippen LogP contribution in [-0.4, -0.2) is 53.3 Å². The predicted molar refractivity (Wildman–Crippen MR) is 125 cm³/mol. The Hall–Kier alpha value is -2.67. The van der Waals surface area contributed by atoms with Gasteiger partial charge in [0.25, 0.3) is 0 Å². The van der Waals surface area contributed by atoms with Gasteiger partial charge in [0, 0.05) is 29.8 Å². The number of benzene rings is 2. The first-order valence-corrected chi connectivity index (χ1v) is 10.9. The lowest BCUT2D eigenvalue weighted by atomic mass is 9.88. The number of aliphatic carboxylic acids is 2. The zero-order valence-corrected chi connectivity index (χ0v) is 19.2. The summed E-state index contributed by atoms with van der Waals surface area (Å²) in [5.74, 6) is -2.51. The lowest BCUT2D eigenvalue weighted by Crippen LogP contribution is -2.31. The van der Waals surface area contributed by atoms with Crippen molar-refractivity contribution in [1.29, 1.82) is 0 Å². The molecule has 0 radical (unpaired) electrons. The highest BCUT2D eigenvalue weighted by Gasteiger charge is 2.30. The van der Waals surface area contributed by atoms with Gasteiger partial charge in [-0.05, 0) is 63.0 Å². The quantitative estimate of drug-likeness (QED) is 0.550. The van der Waals surface area contributed by atoms with Crippen molar-refractivity contribution in [1.82, 2.24) is 4.90 Å². The van der Waals surface area contributed by atoms with Gasteiger partial charge in [0.2, 0.25) is 0 Å². The largest absolute Gasteiger partial charge is 0.478 e. The zero-order valence-electron chi connectivity index (χ0n) is 18.4. The number of rotatable bonds is 8. The first kappa shape index (κ1) is 25.6. The minimum atomic E-state index is -1.26. The fourth-order valence-corrected chi connectivity index (χ4v) is 3.87. The molecule has 3 rings (SSSR count). The molecule has 2 aromatic carbocycles. The average Bonchev–Trinajstić information content (AvgIpc) is 3.18. The SMILES string of the molecule is CN1CCCC1CCOC(C)(c1ccccc1)c1ccc(Cl)cc1.O=C(O)/C=C/C(=O)O. The van der Waals surface area contributed by atoms with E-state index in [1.165, 1.54) is 24.9 Å². The zero-order chi connectivity index (χ0) is 23.6. The molecule has 2 aromatic rings. The summed E-state index contributed by atoms with van der Waals surface area (Å²) in [5, 5.41) is 16.4. The smallest absolute Gasteiger partial charge is 0.328 e. The summed E-state index contributed by atoms with van der Waals surface area (Å²) in [6, 6.07) is 19.1. The van der Waals surface area contributed by atoms with Crippen molar-refractivity contribution in [3.05, 3.63) is 82.9 Å². The summed E-state index contributed by atoms with van der Waals surface area (Å²) in [4.78, 5) is 21.6. The van der Waals surface area contributed by atoms with Crippen LogP contribution in [0.5, 0.6) is 0 Å². The fourth-order valence-electron chi connectivity index (χ4n) is 3.74. The Morgan fingerprint density at radius 2 is 1.62 bits per heavy atom. The molecule has 1 aliphatic heterocycles. The Labute approximate surface area is 194 Å². The van der Waals surface area contributed by atoms with E-state index in [1.54, 1.807) is 0 Å². The van der Waals surface area contributed by atoms with Gasteiger partial charge in [-0.25, -0.2) is 9.59 Å². The van der Waals surface area contributed by atoms with Gasteiger partial charge in [-0.2, -0.15) is 0 Å². The topological polar surface area (TPSA) is 87.1 Å². The third kappa shape index (κ3) is 7.79. The molecule has 7 heteroatoms. The third-order valence-corrected chi connectivity index (χ3v) is 5.85. The second-order valence-corrected chi connectivity index (χ2v) is 8.27. The lowest BCUT2D eigenvalue weighted by molar-refractivity contribution is -0.134. The second kappa shape index (κ2) is 12.4. The Bertz CT molecular complexity index is 884. The van der Waals surface area contributed by atoms with Crippen LogP contribution in [0.1, 0.15) is 37.3 Å². The molecule has 1 saturated heterocycles. The van der Waals surface area contributed by atoms with E-state index in [0.29, 0.717) is 18.2 Å². The number of halogens is 1. The maximum atomic E-state index is 9.55. The van der Waals surface area contributed by atoms with E-state index >= 15 is 0 Å². The Kier molecular flexibility index (Phi) is 9.91. The Morgan fingerprint density at radius 1 is 1.06 bits per heavy atom. The summed E-state index contributed by atoms with van der Waals surface area (Å²) >= 11 is 6.07. The predicted octanol–water partition coefficient (Wildman–Crippen LogP) is 4.82. The molecule has 0 bridgehead atoms. The van der Waals surface area contributed by atoms with Crippen molar-refractivity contribution in [2.24, 2.45) is 0 Å². The van der Waals surface area contributed by atoms with Crippen molar-refractivity contribution >= 4 is 23.5 Å². The molecular formula is C25H30ClNO5. The molecule has 0 aromatic heterocycles. The maximum absolute atomic E-state index is 9.55. The van der Waals surface area contributed by atoms with E-state index in [4.69, 9.17) is 26.6 Å². The molecular weight excluding hydrogens is 430 g/mol. The first-order chi connectivity index (χ1) is 15.2. The number of ether oxygens (including phenoxy) is 1. The third-order valence-electron chi connectivity index (χ3n) is 5.60. The fraction of sp³-hybridized carbons (Fsp3) is 0.360. The van der Waals surface area contributed by atoms with E-state index < -0.39 is 17.5 Å². The molecule has 0 amide bonds. The van der Waals surface area contributed by atoms with Crippen molar-refractivity contribution in [2.45, 2.75) is 37.8 Å². The first-order valence-electron chi connectivity index (χ1n) is 10.5. The number of carboxylic acid groups (broad SMARTS) is 2. The second-order valence-electron chi connectivity index (χ2n) is 7.83. The Morgan fingerprint density at radius 3 is 2.12 bits per heavy atom. The summed E-state index contributed by atoms with van der Waals surface area (Å²) in [6.45, 7) is 4.12. The van der Waals surface area contributed by atoms with Gasteiger partial charge in [0.15, 0.2) is 0 Å². The molecule has 172 valence electrons. The summed E-state index contributed by atoms with van der Waals surface area (Å²) in [6.07, 6.45) is 4.77. The normalized spacial score (nSPS) is 18.0. The van der Waals surface area contributed by atoms with Gasteiger partial charge in [-0.1, -0.05) is 54.1 Å². The summed E-state index contributed by atoms with van der Waals surface area (Å²) < 4.78 is 6.48. The average molecular weight is 460 g/mol. The summed E-state index contributed by atoms with van der Waals surface area (Å²) in [5.41, 5.74) is 1.85. The van der Waals surface area contributed by atoms with Crippen LogP contribution in [0.2, 0.25) is 5.02 Å². The van der Waals surface area contributed by atoms with Crippen LogP contribution in [0.4, 0.5) is 0 Å². The van der Waals surface area contributed by atoms with Crippen LogP contribution in [0.25, 0.3) is 0 Å². The highest BCUT2D eigenvalue weighted by atomic mass is 35.5. The van der Waals surface area contributed by atoms with Crippen LogP contribution >= 0.6 is 11.6 Å². The lowest BCUT2D eigenvalue weighted by Gasteiger charge is -2.32. The molecule has 32 heavy (non-hydrogen) atoms. The van der Waals surface area contributed by atoms with E-state index in [1.807, 2.05) is 18.2 Å². The van der Waals surface area contributed by atoms with Gasteiger partial charge in [0.05, 0.1) is 0 Å². The molecule has 1 fully saturated rings. The van der Waals surface area contributed by atoms with Gasteiger partial charge in [-0.3, -0.25) is 0 Å². The molecule has 2 N–H and O–H groups in total. The van der Waals surface area contributed by atoms with Gasteiger partial charge in [-0.15, -0.1) is 0 Å². The van der Waals surface area contributed by atoms with Gasteiger partial charge in [0.1, 0.15) is 5.60 Å². The number of hydrogen-bond donors (Lipinski definition) is 2. The number of carbonyl (C=O) groups is 2. The molecule has 1 aliphatic rings. The molecule has 0 saturated carbocycles. The standard InChI is InChI=1S/C21H26ClNO.C4H4O4/c1-21(17-7-4-3-5-8-17,18-10-12-19(22)13-11-18)24-16-14-20-9-6-15-23(20)2;5-3(6)1-2-4(7)8/h3-5,7-8,10-13,20H,6,9,14-16H2,1-2H3;1-2H,(H,5,6)(H,7,8)/b;2-1+. The number of likely N-dealkylation sites (tertiary alicyclic amines) is 1. The van der Waals surface area contributed by atoms with Crippen LogP contribution < -0.4 is 0 Å². The van der Waals surface area contributed by atoms with E-state index in [-0.39, 0.29) is 0 Å². The molecule has 2 atom stereocenters. The molecule has 0 spiro atoms. The Balaban J connectivity index is 0.000000390. The van der Waals surface area contributed by atoms with Crippen molar-refractivity contribution < 1.29 is 24.5 Å². The number of hydrogen-bond acceptors (Lipinski definition) is 4. The van der Waals surface area contributed by atoms with Crippen molar-refractivity contribution in [3.8, 4) is 0 Å². The van der Waals surface area contributed by atoms with E-state index in [0.717, 1.165) is 23.6 Å². The molecule has 2 unspecified atom stereocenters. The van der Waals surface area contributed by atoms with Crippen LogP contribution in [0.3, 0.4) is 0 Å². The highest BCUT2D eigenvalue weighted by Crippen LogP contribution is 2.34. The van der Waals surface area contributed by atoms with Crippen LogP contribution in [0.15, 0.2) is 66.7 Å². The number of carboxylic acids is 2.